The summed E-state index contributed by atoms with van der Waals surface area (Å²) in [5, 5.41) is 10.4. The molecular formula is C11H12FNO5. The summed E-state index contributed by atoms with van der Waals surface area (Å²) in [4.78, 5) is 20.8. The van der Waals surface area contributed by atoms with Crippen molar-refractivity contribution in [2.75, 3.05) is 6.61 Å². The molecule has 0 unspecified atom stereocenters. The Kier molecular flexibility index (Phi) is 4.59. The summed E-state index contributed by atoms with van der Waals surface area (Å²) in [6.45, 7) is 2.89. The second-order valence-corrected chi connectivity index (χ2v) is 3.70. The lowest BCUT2D eigenvalue weighted by molar-refractivity contribution is -0.385. The number of ether oxygens (including phenoxy) is 2. The topological polar surface area (TPSA) is 78.7 Å². The second kappa shape index (κ2) is 5.95. The van der Waals surface area contributed by atoms with Crippen molar-refractivity contribution in [1.82, 2.24) is 0 Å². The number of hydrogen-bond donors (Lipinski definition) is 0. The monoisotopic (exact) mass is 257 g/mol. The maximum absolute atomic E-state index is 13.3. The second-order valence-electron chi connectivity index (χ2n) is 3.70. The van der Waals surface area contributed by atoms with Gasteiger partial charge >= 0.3 is 5.97 Å². The lowest BCUT2D eigenvalue weighted by Gasteiger charge is -2.09. The summed E-state index contributed by atoms with van der Waals surface area (Å²) >= 11 is 0. The van der Waals surface area contributed by atoms with Crippen LogP contribution in [0.1, 0.15) is 13.8 Å². The Morgan fingerprint density at radius 2 is 2.17 bits per heavy atom. The molecule has 0 aliphatic heterocycles. The molecule has 0 atom stereocenters. The van der Waals surface area contributed by atoms with Crippen LogP contribution in [0, 0.1) is 15.9 Å². The first-order valence-electron chi connectivity index (χ1n) is 5.16. The summed E-state index contributed by atoms with van der Waals surface area (Å²) in [6.07, 6.45) is -0.289. The first-order valence-corrected chi connectivity index (χ1v) is 5.16. The number of esters is 1. The molecule has 0 aliphatic rings. The summed E-state index contributed by atoms with van der Waals surface area (Å²) < 4.78 is 23.0. The molecule has 18 heavy (non-hydrogen) atoms. The number of rotatable bonds is 5. The van der Waals surface area contributed by atoms with E-state index in [2.05, 4.69) is 0 Å². The van der Waals surface area contributed by atoms with Crippen molar-refractivity contribution in [1.29, 1.82) is 0 Å². The maximum Gasteiger partial charge on any atom is 0.344 e. The SMILES string of the molecule is CC(C)OC(=O)COc1ccc([N+](=O)[O-])cc1F. The number of nitro benzene ring substituents is 1. The van der Waals surface area contributed by atoms with Crippen molar-refractivity contribution in [2.24, 2.45) is 0 Å². The van der Waals surface area contributed by atoms with Gasteiger partial charge in [0.2, 0.25) is 0 Å². The van der Waals surface area contributed by atoms with Crippen LogP contribution in [0.25, 0.3) is 0 Å². The summed E-state index contributed by atoms with van der Waals surface area (Å²) in [5.41, 5.74) is -0.385. The molecule has 1 aromatic rings. The van der Waals surface area contributed by atoms with Gasteiger partial charge in [0.05, 0.1) is 17.1 Å². The normalized spacial score (nSPS) is 10.2. The van der Waals surface area contributed by atoms with Crippen LogP contribution >= 0.6 is 0 Å². The molecule has 0 N–H and O–H groups in total. The Bertz CT molecular complexity index is 461. The van der Waals surface area contributed by atoms with E-state index in [4.69, 9.17) is 9.47 Å². The minimum Gasteiger partial charge on any atom is -0.479 e. The summed E-state index contributed by atoms with van der Waals surface area (Å²) in [6, 6.07) is 2.91. The highest BCUT2D eigenvalue weighted by Gasteiger charge is 2.13. The lowest BCUT2D eigenvalue weighted by atomic mass is 10.3. The van der Waals surface area contributed by atoms with Gasteiger partial charge in [0.1, 0.15) is 0 Å². The third-order valence-electron chi connectivity index (χ3n) is 1.84. The highest BCUT2D eigenvalue weighted by atomic mass is 19.1. The number of hydrogen-bond acceptors (Lipinski definition) is 5. The van der Waals surface area contributed by atoms with E-state index in [1.165, 1.54) is 0 Å². The summed E-state index contributed by atoms with van der Waals surface area (Å²) in [7, 11) is 0. The number of carbonyl (C=O) groups is 1. The molecule has 0 fully saturated rings. The van der Waals surface area contributed by atoms with Gasteiger partial charge in [-0.2, -0.15) is 0 Å². The first-order chi connectivity index (χ1) is 8.40. The molecule has 0 radical (unpaired) electrons. The van der Waals surface area contributed by atoms with E-state index >= 15 is 0 Å². The van der Waals surface area contributed by atoms with Crippen LogP contribution in [0.2, 0.25) is 0 Å². The molecule has 98 valence electrons. The molecule has 1 aromatic carbocycles. The highest BCUT2D eigenvalue weighted by Crippen LogP contribution is 2.22. The van der Waals surface area contributed by atoms with E-state index < -0.39 is 23.3 Å². The molecule has 0 bridgehead atoms. The van der Waals surface area contributed by atoms with Gasteiger partial charge in [-0.05, 0) is 19.9 Å². The van der Waals surface area contributed by atoms with E-state index in [0.717, 1.165) is 18.2 Å². The fourth-order valence-corrected chi connectivity index (χ4v) is 1.15. The fourth-order valence-electron chi connectivity index (χ4n) is 1.15. The Hall–Kier alpha value is -2.18. The number of benzene rings is 1. The third-order valence-corrected chi connectivity index (χ3v) is 1.84. The molecule has 0 aliphatic carbocycles. The molecule has 1 rings (SSSR count). The molecule has 7 heteroatoms. The van der Waals surface area contributed by atoms with Gasteiger partial charge in [-0.15, -0.1) is 0 Å². The Balaban J connectivity index is 2.63. The fraction of sp³-hybridized carbons (Fsp3) is 0.364. The number of carbonyl (C=O) groups excluding carboxylic acids is 1. The van der Waals surface area contributed by atoms with Crippen molar-refractivity contribution in [3.8, 4) is 5.75 Å². The van der Waals surface area contributed by atoms with Crippen LogP contribution in [-0.4, -0.2) is 23.6 Å². The van der Waals surface area contributed by atoms with E-state index in [1.54, 1.807) is 13.8 Å². The third kappa shape index (κ3) is 4.00. The van der Waals surface area contributed by atoms with E-state index in [9.17, 15) is 19.3 Å². The van der Waals surface area contributed by atoms with E-state index in [0.29, 0.717) is 0 Å². The van der Waals surface area contributed by atoms with E-state index in [-0.39, 0.29) is 17.5 Å². The lowest BCUT2D eigenvalue weighted by Crippen LogP contribution is -2.19. The van der Waals surface area contributed by atoms with Crippen LogP contribution in [-0.2, 0) is 9.53 Å². The maximum atomic E-state index is 13.3. The Morgan fingerprint density at radius 1 is 1.50 bits per heavy atom. The predicted octanol–water partition coefficient (Wildman–Crippen LogP) is 2.06. The molecule has 0 heterocycles. The molecular weight excluding hydrogens is 245 g/mol. The van der Waals surface area contributed by atoms with Crippen molar-refractivity contribution >= 4 is 11.7 Å². The minimum absolute atomic E-state index is 0.235. The quantitative estimate of drug-likeness (QED) is 0.458. The number of halogens is 1. The van der Waals surface area contributed by atoms with Gasteiger partial charge in [-0.3, -0.25) is 10.1 Å². The van der Waals surface area contributed by atoms with Crippen LogP contribution < -0.4 is 4.74 Å². The van der Waals surface area contributed by atoms with Gasteiger partial charge in [-0.1, -0.05) is 0 Å². The van der Waals surface area contributed by atoms with Crippen LogP contribution in [0.5, 0.6) is 5.75 Å². The minimum atomic E-state index is -0.901. The largest absolute Gasteiger partial charge is 0.479 e. The van der Waals surface area contributed by atoms with Gasteiger partial charge in [0, 0.05) is 6.07 Å². The molecule has 0 aromatic heterocycles. The van der Waals surface area contributed by atoms with Gasteiger partial charge in [-0.25, -0.2) is 9.18 Å². The number of non-ortho nitro benzene ring substituents is 1. The standard InChI is InChI=1S/C11H12FNO5/c1-7(2)18-11(14)6-17-10-4-3-8(13(15)16)5-9(10)12/h3-5,7H,6H2,1-2H3. The Morgan fingerprint density at radius 3 is 2.67 bits per heavy atom. The molecule has 6 nitrogen and oxygen atoms in total. The van der Waals surface area contributed by atoms with Crippen molar-refractivity contribution in [2.45, 2.75) is 20.0 Å². The number of nitrogens with zero attached hydrogens (tertiary/aromatic N) is 1. The summed E-state index contributed by atoms with van der Waals surface area (Å²) in [5.74, 6) is -1.77. The van der Waals surface area contributed by atoms with Gasteiger partial charge in [0.15, 0.2) is 18.2 Å². The highest BCUT2D eigenvalue weighted by molar-refractivity contribution is 5.71. The molecule has 0 spiro atoms. The zero-order valence-electron chi connectivity index (χ0n) is 9.88. The van der Waals surface area contributed by atoms with Crippen LogP contribution in [0.4, 0.5) is 10.1 Å². The van der Waals surface area contributed by atoms with Crippen molar-refractivity contribution in [3.63, 3.8) is 0 Å². The zero-order valence-corrected chi connectivity index (χ0v) is 9.88. The number of nitro groups is 1. The average Bonchev–Trinajstić information content (AvgIpc) is 2.26. The zero-order chi connectivity index (χ0) is 13.7. The van der Waals surface area contributed by atoms with E-state index in [1.807, 2.05) is 0 Å². The molecule has 0 saturated heterocycles. The van der Waals surface area contributed by atoms with Crippen LogP contribution in [0.15, 0.2) is 18.2 Å². The average molecular weight is 257 g/mol. The van der Waals surface area contributed by atoms with Gasteiger partial charge < -0.3 is 9.47 Å². The smallest absolute Gasteiger partial charge is 0.344 e. The molecule has 0 saturated carbocycles. The van der Waals surface area contributed by atoms with Crippen molar-refractivity contribution in [3.05, 3.63) is 34.1 Å². The van der Waals surface area contributed by atoms with Gasteiger partial charge in [0.25, 0.3) is 5.69 Å². The Labute approximate surface area is 102 Å². The first kappa shape index (κ1) is 13.9. The molecule has 0 amide bonds. The van der Waals surface area contributed by atoms with Crippen LogP contribution in [0.3, 0.4) is 0 Å². The van der Waals surface area contributed by atoms with Crippen molar-refractivity contribution < 1.29 is 23.6 Å². The predicted molar refractivity (Wildman–Crippen MR) is 59.8 cm³/mol.